The first-order valence-electron chi connectivity index (χ1n) is 10.9. The van der Waals surface area contributed by atoms with Crippen LogP contribution in [0, 0.1) is 6.92 Å². The molecule has 0 radical (unpaired) electrons. The molecule has 0 saturated carbocycles. The quantitative estimate of drug-likeness (QED) is 0.294. The molecule has 0 unspecified atom stereocenters. The fraction of sp³-hybridized carbons (Fsp3) is 0.115. The molecule has 3 aromatic carbocycles. The Labute approximate surface area is 199 Å². The van der Waals surface area contributed by atoms with Gasteiger partial charge in [-0.3, -0.25) is 9.55 Å². The third kappa shape index (κ3) is 4.93. The van der Waals surface area contributed by atoms with E-state index >= 15 is 0 Å². The smallest absolute Gasteiger partial charge is 0.381 e. The van der Waals surface area contributed by atoms with Crippen molar-refractivity contribution >= 4 is 28.2 Å². The summed E-state index contributed by atoms with van der Waals surface area (Å²) in [5.41, 5.74) is 3.56. The third-order valence-electron chi connectivity index (χ3n) is 5.50. The number of anilines is 3. The molecule has 0 amide bonds. The Balaban J connectivity index is 1.41. The Kier molecular flexibility index (Phi) is 5.82. The zero-order chi connectivity index (χ0) is 24.4. The summed E-state index contributed by atoms with van der Waals surface area (Å²) in [6, 6.07) is 20.8. The van der Waals surface area contributed by atoms with Crippen molar-refractivity contribution in [3.8, 4) is 5.82 Å². The lowest BCUT2D eigenvalue weighted by molar-refractivity contribution is -0.137. The normalized spacial score (nSPS) is 11.5. The van der Waals surface area contributed by atoms with Gasteiger partial charge in [-0.25, -0.2) is 9.97 Å². The van der Waals surface area contributed by atoms with Gasteiger partial charge in [-0.15, -0.1) is 0 Å². The monoisotopic (exact) mass is 474 g/mol. The number of rotatable bonds is 6. The SMILES string of the molecule is Cc1nc2ccc(NCc3ccccc3)cc2n1-c1cncc(Nc2ccc(C(F)(F)F)cc2)n1. The highest BCUT2D eigenvalue weighted by Gasteiger charge is 2.29. The summed E-state index contributed by atoms with van der Waals surface area (Å²) in [7, 11) is 0. The number of nitrogens with one attached hydrogen (secondary N) is 2. The second-order valence-electron chi connectivity index (χ2n) is 8.00. The first kappa shape index (κ1) is 22.4. The number of alkyl halides is 3. The minimum atomic E-state index is -4.38. The van der Waals surface area contributed by atoms with Gasteiger partial charge in [-0.2, -0.15) is 13.2 Å². The van der Waals surface area contributed by atoms with Crippen molar-refractivity contribution in [3.63, 3.8) is 0 Å². The summed E-state index contributed by atoms with van der Waals surface area (Å²) in [5, 5.41) is 6.45. The van der Waals surface area contributed by atoms with Gasteiger partial charge in [0.25, 0.3) is 0 Å². The van der Waals surface area contributed by atoms with Crippen LogP contribution >= 0.6 is 0 Å². The summed E-state index contributed by atoms with van der Waals surface area (Å²) in [6.07, 6.45) is -1.24. The Bertz CT molecular complexity index is 1460. The molecule has 2 aromatic heterocycles. The van der Waals surface area contributed by atoms with Gasteiger partial charge in [0.05, 0.1) is 29.0 Å². The van der Waals surface area contributed by atoms with E-state index in [1.54, 1.807) is 6.20 Å². The number of benzene rings is 3. The predicted molar refractivity (Wildman–Crippen MR) is 130 cm³/mol. The van der Waals surface area contributed by atoms with Crippen LogP contribution in [0.3, 0.4) is 0 Å². The molecule has 5 rings (SSSR count). The average Bonchev–Trinajstić information content (AvgIpc) is 3.18. The van der Waals surface area contributed by atoms with Crippen molar-refractivity contribution in [1.82, 2.24) is 19.5 Å². The van der Waals surface area contributed by atoms with Gasteiger partial charge in [0, 0.05) is 17.9 Å². The molecule has 0 aliphatic rings. The van der Waals surface area contributed by atoms with Crippen LogP contribution < -0.4 is 10.6 Å². The molecule has 5 aromatic rings. The number of aryl methyl sites for hydroxylation is 1. The molecule has 2 heterocycles. The molecule has 0 aliphatic heterocycles. The molecular formula is C26H21F3N6. The summed E-state index contributed by atoms with van der Waals surface area (Å²) in [4.78, 5) is 13.5. The molecule has 0 saturated heterocycles. The Hall–Kier alpha value is -4.40. The zero-order valence-corrected chi connectivity index (χ0v) is 18.7. The molecule has 2 N–H and O–H groups in total. The molecule has 6 nitrogen and oxygen atoms in total. The highest BCUT2D eigenvalue weighted by Crippen LogP contribution is 2.30. The van der Waals surface area contributed by atoms with Crippen molar-refractivity contribution in [2.45, 2.75) is 19.6 Å². The molecule has 9 heteroatoms. The van der Waals surface area contributed by atoms with E-state index in [4.69, 9.17) is 0 Å². The number of halogens is 3. The Morgan fingerprint density at radius 3 is 2.34 bits per heavy atom. The fourth-order valence-electron chi connectivity index (χ4n) is 3.81. The summed E-state index contributed by atoms with van der Waals surface area (Å²) in [5.74, 6) is 1.69. The van der Waals surface area contributed by atoms with E-state index < -0.39 is 11.7 Å². The van der Waals surface area contributed by atoms with E-state index in [-0.39, 0.29) is 0 Å². The number of hydrogen-bond acceptors (Lipinski definition) is 5. The largest absolute Gasteiger partial charge is 0.416 e. The maximum absolute atomic E-state index is 12.8. The fourth-order valence-corrected chi connectivity index (χ4v) is 3.81. The van der Waals surface area contributed by atoms with Crippen molar-refractivity contribution in [3.05, 3.63) is 102 Å². The van der Waals surface area contributed by atoms with E-state index in [2.05, 4.69) is 37.7 Å². The van der Waals surface area contributed by atoms with Gasteiger partial charge in [0.15, 0.2) is 11.6 Å². The lowest BCUT2D eigenvalue weighted by Crippen LogP contribution is -2.05. The van der Waals surface area contributed by atoms with Crippen LogP contribution in [0.1, 0.15) is 17.0 Å². The molecule has 0 atom stereocenters. The molecule has 0 aliphatic carbocycles. The Morgan fingerprint density at radius 1 is 0.857 bits per heavy atom. The van der Waals surface area contributed by atoms with Gasteiger partial charge in [-0.1, -0.05) is 30.3 Å². The van der Waals surface area contributed by atoms with Crippen LogP contribution in [0.2, 0.25) is 0 Å². The summed E-state index contributed by atoms with van der Waals surface area (Å²) >= 11 is 0. The lowest BCUT2D eigenvalue weighted by Gasteiger charge is -2.11. The minimum absolute atomic E-state index is 0.405. The van der Waals surface area contributed by atoms with E-state index in [0.29, 0.717) is 23.9 Å². The molecule has 0 spiro atoms. The number of nitrogens with zero attached hydrogens (tertiary/aromatic N) is 4. The van der Waals surface area contributed by atoms with E-state index in [0.717, 1.165) is 34.7 Å². The van der Waals surface area contributed by atoms with Crippen molar-refractivity contribution < 1.29 is 13.2 Å². The maximum Gasteiger partial charge on any atom is 0.416 e. The van der Waals surface area contributed by atoms with E-state index in [1.165, 1.54) is 23.9 Å². The first-order valence-corrected chi connectivity index (χ1v) is 10.9. The zero-order valence-electron chi connectivity index (χ0n) is 18.7. The lowest BCUT2D eigenvalue weighted by atomic mass is 10.2. The number of imidazole rings is 1. The molecule has 0 bridgehead atoms. The number of hydrogen-bond donors (Lipinski definition) is 2. The highest BCUT2D eigenvalue weighted by atomic mass is 19.4. The van der Waals surface area contributed by atoms with Crippen molar-refractivity contribution in [2.75, 3.05) is 10.6 Å². The van der Waals surface area contributed by atoms with Crippen molar-refractivity contribution in [1.29, 1.82) is 0 Å². The number of aromatic nitrogens is 4. The Morgan fingerprint density at radius 2 is 1.60 bits per heavy atom. The standard InChI is InChI=1S/C26H21F3N6/c1-17-32-22-12-11-21(31-14-18-5-3-2-4-6-18)13-23(22)35(17)25-16-30-15-24(34-25)33-20-9-7-19(8-10-20)26(27,28)29/h2-13,15-16,31H,14H2,1H3,(H,33,34). The predicted octanol–water partition coefficient (Wildman–Crippen LogP) is 6.50. The minimum Gasteiger partial charge on any atom is -0.381 e. The first-order chi connectivity index (χ1) is 16.9. The topological polar surface area (TPSA) is 67.7 Å². The van der Waals surface area contributed by atoms with Gasteiger partial charge in [0.1, 0.15) is 5.82 Å². The van der Waals surface area contributed by atoms with E-state index in [1.807, 2.05) is 47.9 Å². The molecule has 0 fully saturated rings. The highest BCUT2D eigenvalue weighted by molar-refractivity contribution is 5.82. The second-order valence-corrected chi connectivity index (χ2v) is 8.00. The van der Waals surface area contributed by atoms with E-state index in [9.17, 15) is 13.2 Å². The molecule has 176 valence electrons. The average molecular weight is 474 g/mol. The van der Waals surface area contributed by atoms with Crippen molar-refractivity contribution in [2.24, 2.45) is 0 Å². The van der Waals surface area contributed by atoms with Crippen LogP contribution in [0.15, 0.2) is 85.2 Å². The second kappa shape index (κ2) is 9.09. The summed E-state index contributed by atoms with van der Waals surface area (Å²) in [6.45, 7) is 2.57. The number of fused-ring (bicyclic) bond motifs is 1. The van der Waals surface area contributed by atoms with Gasteiger partial charge in [0.2, 0.25) is 0 Å². The molecule has 35 heavy (non-hydrogen) atoms. The molecular weight excluding hydrogens is 453 g/mol. The van der Waals surface area contributed by atoms with Gasteiger partial charge < -0.3 is 10.6 Å². The van der Waals surface area contributed by atoms with Crippen LogP contribution in [-0.4, -0.2) is 19.5 Å². The van der Waals surface area contributed by atoms with Crippen LogP contribution in [0.4, 0.5) is 30.4 Å². The van der Waals surface area contributed by atoms with Crippen LogP contribution in [0.25, 0.3) is 16.9 Å². The third-order valence-corrected chi connectivity index (χ3v) is 5.50. The van der Waals surface area contributed by atoms with Crippen LogP contribution in [-0.2, 0) is 12.7 Å². The maximum atomic E-state index is 12.8. The van der Waals surface area contributed by atoms with Gasteiger partial charge >= 0.3 is 6.18 Å². The van der Waals surface area contributed by atoms with Crippen LogP contribution in [0.5, 0.6) is 0 Å². The summed E-state index contributed by atoms with van der Waals surface area (Å²) < 4.78 is 40.4. The van der Waals surface area contributed by atoms with Gasteiger partial charge in [-0.05, 0) is 55.0 Å².